The van der Waals surface area contributed by atoms with Crippen molar-refractivity contribution in [2.45, 2.75) is 32.2 Å². The largest absolute Gasteiger partial charge is 0.478 e. The second-order valence-electron chi connectivity index (χ2n) is 8.19. The van der Waals surface area contributed by atoms with Gasteiger partial charge in [-0.15, -0.1) is 0 Å². The van der Waals surface area contributed by atoms with Gasteiger partial charge in [0.25, 0.3) is 0 Å². The number of nitrogens with zero attached hydrogens (tertiary/aromatic N) is 1. The molecular formula is C25H24N2O4. The SMILES string of the molecule is Cc1cc([C@@H](C)Nc2ccccc2C(=O)O)c2oc3c([C@@H]4CCOC4)ccnc3c2c1. The van der Waals surface area contributed by atoms with Crippen molar-refractivity contribution in [1.29, 1.82) is 0 Å². The summed E-state index contributed by atoms with van der Waals surface area (Å²) in [6.07, 6.45) is 2.82. The number of benzene rings is 2. The van der Waals surface area contributed by atoms with E-state index in [1.54, 1.807) is 18.2 Å². The van der Waals surface area contributed by atoms with Crippen LogP contribution in [-0.4, -0.2) is 29.3 Å². The van der Waals surface area contributed by atoms with E-state index >= 15 is 0 Å². The lowest BCUT2D eigenvalue weighted by Gasteiger charge is -2.18. The number of ether oxygens (including phenoxy) is 1. The predicted molar refractivity (Wildman–Crippen MR) is 120 cm³/mol. The highest BCUT2D eigenvalue weighted by molar-refractivity contribution is 6.05. The fraction of sp³-hybridized carbons (Fsp3) is 0.280. The molecule has 1 fully saturated rings. The number of rotatable bonds is 5. The summed E-state index contributed by atoms with van der Waals surface area (Å²) in [5, 5.41) is 13.9. The Labute approximate surface area is 179 Å². The van der Waals surface area contributed by atoms with Crippen molar-refractivity contribution in [3.63, 3.8) is 0 Å². The average Bonchev–Trinajstić information content (AvgIpc) is 3.41. The van der Waals surface area contributed by atoms with Gasteiger partial charge in [0, 0.05) is 40.9 Å². The van der Waals surface area contributed by atoms with Crippen molar-refractivity contribution in [3.8, 4) is 0 Å². The second-order valence-corrected chi connectivity index (χ2v) is 8.19. The van der Waals surface area contributed by atoms with Gasteiger partial charge in [-0.3, -0.25) is 4.98 Å². The molecule has 0 aliphatic carbocycles. The molecule has 0 saturated carbocycles. The molecule has 6 heteroatoms. The highest BCUT2D eigenvalue weighted by atomic mass is 16.5. The van der Waals surface area contributed by atoms with Gasteiger partial charge in [-0.25, -0.2) is 4.79 Å². The summed E-state index contributed by atoms with van der Waals surface area (Å²) in [7, 11) is 0. The Morgan fingerprint density at radius 1 is 1.23 bits per heavy atom. The molecule has 1 aliphatic rings. The lowest BCUT2D eigenvalue weighted by Crippen LogP contribution is -2.11. The minimum atomic E-state index is -0.957. The summed E-state index contributed by atoms with van der Waals surface area (Å²) in [5.74, 6) is -0.644. The second kappa shape index (κ2) is 7.71. The zero-order valence-corrected chi connectivity index (χ0v) is 17.5. The van der Waals surface area contributed by atoms with Crippen LogP contribution in [0.2, 0.25) is 0 Å². The number of carboxylic acids is 1. The van der Waals surface area contributed by atoms with Crippen LogP contribution in [0.1, 0.15) is 52.4 Å². The van der Waals surface area contributed by atoms with E-state index in [2.05, 4.69) is 22.4 Å². The van der Waals surface area contributed by atoms with Gasteiger partial charge in [0.1, 0.15) is 11.1 Å². The molecule has 3 heterocycles. The molecule has 2 aromatic carbocycles. The number of para-hydroxylation sites is 1. The number of carboxylic acid groups (broad SMARTS) is 1. The first-order valence-electron chi connectivity index (χ1n) is 10.5. The zero-order chi connectivity index (χ0) is 21.5. The summed E-state index contributed by atoms with van der Waals surface area (Å²) in [6, 6.07) is 13.0. The molecule has 0 radical (unpaired) electrons. The number of aromatic nitrogens is 1. The number of hydrogen-bond acceptors (Lipinski definition) is 5. The van der Waals surface area contributed by atoms with E-state index in [1.165, 1.54) is 0 Å². The molecule has 2 atom stereocenters. The zero-order valence-electron chi connectivity index (χ0n) is 17.5. The number of carbonyl (C=O) groups is 1. The van der Waals surface area contributed by atoms with Crippen LogP contribution in [0.5, 0.6) is 0 Å². The van der Waals surface area contributed by atoms with Crippen molar-refractivity contribution in [2.24, 2.45) is 0 Å². The van der Waals surface area contributed by atoms with Gasteiger partial charge >= 0.3 is 5.97 Å². The number of pyridine rings is 1. The van der Waals surface area contributed by atoms with E-state index in [0.717, 1.165) is 51.8 Å². The van der Waals surface area contributed by atoms with Gasteiger partial charge in [-0.05, 0) is 50.1 Å². The molecular weight excluding hydrogens is 392 g/mol. The number of aryl methyl sites for hydroxylation is 1. The molecule has 1 saturated heterocycles. The van der Waals surface area contributed by atoms with E-state index in [1.807, 2.05) is 32.2 Å². The minimum absolute atomic E-state index is 0.165. The molecule has 4 aromatic rings. The van der Waals surface area contributed by atoms with Crippen molar-refractivity contribution < 1.29 is 19.1 Å². The molecule has 0 unspecified atom stereocenters. The molecule has 1 aliphatic heterocycles. The molecule has 0 bridgehead atoms. The fourth-order valence-electron chi connectivity index (χ4n) is 4.48. The van der Waals surface area contributed by atoms with Crippen molar-refractivity contribution in [3.05, 3.63) is 70.9 Å². The van der Waals surface area contributed by atoms with Crippen molar-refractivity contribution in [2.75, 3.05) is 18.5 Å². The van der Waals surface area contributed by atoms with E-state index in [-0.39, 0.29) is 11.6 Å². The summed E-state index contributed by atoms with van der Waals surface area (Å²) in [5.41, 5.74) is 6.50. The minimum Gasteiger partial charge on any atom is -0.478 e. The topological polar surface area (TPSA) is 84.6 Å². The van der Waals surface area contributed by atoms with Gasteiger partial charge in [0.05, 0.1) is 18.2 Å². The number of anilines is 1. The van der Waals surface area contributed by atoms with Crippen LogP contribution < -0.4 is 5.32 Å². The van der Waals surface area contributed by atoms with Crippen molar-refractivity contribution in [1.82, 2.24) is 4.98 Å². The Bertz CT molecular complexity index is 1290. The molecule has 31 heavy (non-hydrogen) atoms. The first-order chi connectivity index (χ1) is 15.0. The fourth-order valence-corrected chi connectivity index (χ4v) is 4.48. The monoisotopic (exact) mass is 416 g/mol. The summed E-state index contributed by atoms with van der Waals surface area (Å²) >= 11 is 0. The molecule has 6 nitrogen and oxygen atoms in total. The normalized spacial score (nSPS) is 17.3. The lowest BCUT2D eigenvalue weighted by molar-refractivity contribution is 0.0698. The van der Waals surface area contributed by atoms with Gasteiger partial charge < -0.3 is 19.6 Å². The van der Waals surface area contributed by atoms with Gasteiger partial charge in [-0.1, -0.05) is 18.2 Å². The average molecular weight is 416 g/mol. The van der Waals surface area contributed by atoms with E-state index in [9.17, 15) is 9.90 Å². The standard InChI is InChI=1S/C25H24N2O4/c1-14-11-19(15(2)27-21-6-4-3-5-18(21)25(28)29)23-20(12-14)22-24(31-23)17(7-9-26-22)16-8-10-30-13-16/h3-7,9,11-12,15-16,27H,8,10,13H2,1-2H3,(H,28,29)/t15-,16-/m1/s1. The first-order valence-corrected chi connectivity index (χ1v) is 10.5. The highest BCUT2D eigenvalue weighted by Crippen LogP contribution is 2.39. The molecule has 158 valence electrons. The summed E-state index contributed by atoms with van der Waals surface area (Å²) in [4.78, 5) is 16.2. The maximum Gasteiger partial charge on any atom is 0.337 e. The van der Waals surface area contributed by atoms with Gasteiger partial charge in [-0.2, -0.15) is 0 Å². The number of furan rings is 1. The molecule has 0 amide bonds. The quantitative estimate of drug-likeness (QED) is 0.436. The van der Waals surface area contributed by atoms with Gasteiger partial charge in [0.2, 0.25) is 0 Å². The molecule has 2 N–H and O–H groups in total. The van der Waals surface area contributed by atoms with Crippen LogP contribution in [-0.2, 0) is 4.74 Å². The Morgan fingerprint density at radius 2 is 2.06 bits per heavy atom. The number of nitrogens with one attached hydrogen (secondary N) is 1. The Hall–Kier alpha value is -3.38. The lowest BCUT2D eigenvalue weighted by atomic mass is 9.98. The highest BCUT2D eigenvalue weighted by Gasteiger charge is 2.25. The smallest absolute Gasteiger partial charge is 0.337 e. The molecule has 0 spiro atoms. The Morgan fingerprint density at radius 3 is 2.84 bits per heavy atom. The number of aromatic carboxylic acids is 1. The third-order valence-corrected chi connectivity index (χ3v) is 6.02. The van der Waals surface area contributed by atoms with E-state index in [0.29, 0.717) is 18.2 Å². The van der Waals surface area contributed by atoms with Crippen LogP contribution in [0.3, 0.4) is 0 Å². The molecule has 2 aromatic heterocycles. The Balaban J connectivity index is 1.63. The van der Waals surface area contributed by atoms with Gasteiger partial charge in [0.15, 0.2) is 5.58 Å². The van der Waals surface area contributed by atoms with Crippen LogP contribution in [0.4, 0.5) is 5.69 Å². The maximum absolute atomic E-state index is 11.6. The number of fused-ring (bicyclic) bond motifs is 3. The van der Waals surface area contributed by atoms with Crippen LogP contribution in [0.15, 0.2) is 53.1 Å². The van der Waals surface area contributed by atoms with E-state index in [4.69, 9.17) is 9.15 Å². The summed E-state index contributed by atoms with van der Waals surface area (Å²) < 4.78 is 12.0. The first kappa shape index (κ1) is 19.6. The molecule has 5 rings (SSSR count). The maximum atomic E-state index is 11.6. The van der Waals surface area contributed by atoms with Crippen LogP contribution >= 0.6 is 0 Å². The van der Waals surface area contributed by atoms with E-state index < -0.39 is 5.97 Å². The third kappa shape index (κ3) is 3.43. The predicted octanol–water partition coefficient (Wildman–Crippen LogP) is 5.66. The van der Waals surface area contributed by atoms with Crippen LogP contribution in [0.25, 0.3) is 22.1 Å². The van der Waals surface area contributed by atoms with Crippen molar-refractivity contribution >= 4 is 33.7 Å². The third-order valence-electron chi connectivity index (χ3n) is 6.02. The Kier molecular flexibility index (Phi) is 4.87. The van der Waals surface area contributed by atoms with Crippen LogP contribution in [0, 0.1) is 6.92 Å². The number of hydrogen-bond donors (Lipinski definition) is 2. The summed E-state index contributed by atoms with van der Waals surface area (Å²) in [6.45, 7) is 5.53.